The number of nitrogens with one attached hydrogen (secondary N) is 2. The fraction of sp³-hybridized carbons (Fsp3) is 0.472. The zero-order valence-electron chi connectivity index (χ0n) is 56.6. The summed E-state index contributed by atoms with van der Waals surface area (Å²) < 4.78 is 96.4. The third kappa shape index (κ3) is 21.1. The maximum absolute atomic E-state index is 15.9. The van der Waals surface area contributed by atoms with Crippen molar-refractivity contribution in [2.75, 3.05) is 45.9 Å². The Labute approximate surface area is 564 Å². The van der Waals surface area contributed by atoms with Crippen molar-refractivity contribution in [1.29, 1.82) is 0 Å². The molecular weight excluding hydrogens is 1230 g/mol. The number of hydrogen-bond acceptors (Lipinski definition) is 10. The zero-order valence-corrected chi connectivity index (χ0v) is 56.6. The summed E-state index contributed by atoms with van der Waals surface area (Å²) in [4.78, 5) is 82.9. The standard InChI is InChI=1S/C37H46F3N3O4.C35H42F3N3O4.Li.2H2O/c1-7-47-33(44)19-31(29-18-27(16-25(6)35(29)40)34-23(4)9-8-10-24(34)5)41-36(45)32(15-22(2)3)43-20-26(17-30(39)37(43)46)11-13-42-14-12-28(38)21-42;1-20(2)13-30(41-18-24(15-28(37)35(41)45)9-11-40-12-10-26(36)19-40)34(44)39-29(17-31(42)43)27-16-25(14-23(5)33(27)38)32-21(3)7-6-8-22(32)4;;;/h8-10,16-18,20,22,28,31-32H,7,11-15,19,21H2,1-6H3,(H,41,45);6-8,14-16,18,20,26,29-30H,9-13,17,19H2,1-5H3,(H,39,44)(H,42,43);;2*1H2/q;;+1;;/p-1/t28-,31+,32?;26-,29+,30?;;;/m11.../s1. The minimum Gasteiger partial charge on any atom is -0.870 e. The first kappa shape index (κ1) is 80.1. The number of pyridine rings is 2. The molecule has 2 amide bonds. The Bertz CT molecular complexity index is 3730. The summed E-state index contributed by atoms with van der Waals surface area (Å²) in [5.74, 6) is -6.67. The van der Waals surface area contributed by atoms with E-state index < -0.39 is 101 Å². The molecule has 0 radical (unpaired) electrons. The van der Waals surface area contributed by atoms with Crippen LogP contribution in [0.25, 0.3) is 22.3 Å². The Kier molecular flexibility index (Phi) is 30.5. The monoisotopic (exact) mass is 1320 g/mol. The van der Waals surface area contributed by atoms with Crippen LogP contribution in [0.5, 0.6) is 0 Å². The van der Waals surface area contributed by atoms with Crippen molar-refractivity contribution in [3.63, 3.8) is 0 Å². The van der Waals surface area contributed by atoms with Crippen LogP contribution in [0, 0.1) is 76.6 Å². The quantitative estimate of drug-likeness (QED) is 0.0278. The van der Waals surface area contributed by atoms with Crippen LogP contribution in [0.15, 0.2) is 94.8 Å². The van der Waals surface area contributed by atoms with Crippen LogP contribution in [0.3, 0.4) is 0 Å². The molecule has 2 fully saturated rings. The zero-order chi connectivity index (χ0) is 67.4. The first-order valence-electron chi connectivity index (χ1n) is 31.8. The number of likely N-dealkylation sites (tertiary alicyclic amines) is 2. The van der Waals surface area contributed by atoms with E-state index in [-0.39, 0.29) is 84.2 Å². The van der Waals surface area contributed by atoms with Crippen LogP contribution in [0.4, 0.5) is 26.3 Å². The van der Waals surface area contributed by atoms with E-state index in [2.05, 4.69) is 10.6 Å². The summed E-state index contributed by atoms with van der Waals surface area (Å²) in [5.41, 5.74) is 6.88. The van der Waals surface area contributed by atoms with Gasteiger partial charge in [-0.15, -0.1) is 0 Å². The average Bonchev–Trinajstić information content (AvgIpc) is 0.988. The number of halogens is 6. The Hall–Kier alpha value is -7.32. The minimum absolute atomic E-state index is 0. The fourth-order valence-corrected chi connectivity index (χ4v) is 12.6. The molecule has 6 atom stereocenters. The van der Waals surface area contributed by atoms with Gasteiger partial charge < -0.3 is 50.4 Å². The van der Waals surface area contributed by atoms with Gasteiger partial charge in [0.25, 0.3) is 11.1 Å². The fourth-order valence-electron chi connectivity index (χ4n) is 12.6. The smallest absolute Gasteiger partial charge is 0.870 e. The number of amides is 2. The number of aryl methyl sites for hydroxylation is 6. The predicted octanol–water partition coefficient (Wildman–Crippen LogP) is 8.93. The summed E-state index contributed by atoms with van der Waals surface area (Å²) in [6.45, 7) is 22.9. The van der Waals surface area contributed by atoms with Gasteiger partial charge >= 0.3 is 30.8 Å². The van der Waals surface area contributed by atoms with Crippen LogP contribution in [0.2, 0.25) is 0 Å². The van der Waals surface area contributed by atoms with Crippen LogP contribution in [-0.2, 0) is 36.8 Å². The van der Waals surface area contributed by atoms with Gasteiger partial charge in [-0.1, -0.05) is 64.1 Å². The molecule has 2 aliphatic rings. The van der Waals surface area contributed by atoms with Crippen LogP contribution >= 0.6 is 0 Å². The van der Waals surface area contributed by atoms with Gasteiger partial charge in [-0.05, 0) is 202 Å². The van der Waals surface area contributed by atoms with Gasteiger partial charge in [-0.2, -0.15) is 0 Å². The summed E-state index contributed by atoms with van der Waals surface area (Å²) in [6.07, 6.45) is 2.10. The number of carboxylic acid groups (broad SMARTS) is 1. The summed E-state index contributed by atoms with van der Waals surface area (Å²) in [6, 6.07) is 15.9. The molecule has 4 heterocycles. The SMILES string of the molecule is CCOC(=O)C[C@H](NC(=O)C(CC(C)C)n1cc(CCN2CC[C@@H](F)C2)cc(F)c1=O)c1cc(-c2c(C)cccc2C)cc(C)c1F.Cc1cc(-c2c(C)cccc2C)cc([C@H](CC(=O)O)NC(=O)C(CC(C)C)n2cc(CCN3CC[C@@H](F)C3)cc(F)c2=O)c1F.O.[Li+].[OH-]. The molecule has 0 spiro atoms. The molecule has 0 saturated carbocycles. The summed E-state index contributed by atoms with van der Waals surface area (Å²) >= 11 is 0. The van der Waals surface area contributed by atoms with Crippen molar-refractivity contribution >= 4 is 23.8 Å². The van der Waals surface area contributed by atoms with E-state index in [0.717, 1.165) is 60.2 Å². The Morgan fingerprint density at radius 3 is 1.28 bits per heavy atom. The molecule has 95 heavy (non-hydrogen) atoms. The van der Waals surface area contributed by atoms with Crippen molar-refractivity contribution < 1.29 is 85.2 Å². The molecule has 23 heteroatoms. The molecule has 4 aromatic carbocycles. The Balaban J connectivity index is 0.000000392. The van der Waals surface area contributed by atoms with E-state index in [9.17, 15) is 47.0 Å². The number of esters is 1. The molecule has 512 valence electrons. The van der Waals surface area contributed by atoms with E-state index in [1.54, 1.807) is 45.0 Å². The van der Waals surface area contributed by atoms with Crippen molar-refractivity contribution in [3.05, 3.63) is 185 Å². The van der Waals surface area contributed by atoms with Gasteiger partial charge in [0, 0.05) is 62.8 Å². The molecule has 8 rings (SSSR count). The van der Waals surface area contributed by atoms with Gasteiger partial charge in [-0.25, -0.2) is 26.3 Å². The molecule has 0 bridgehead atoms. The number of hydrogen-bond donors (Lipinski definition) is 3. The number of aromatic nitrogens is 2. The van der Waals surface area contributed by atoms with Gasteiger partial charge in [0.1, 0.15) is 36.1 Å². The first-order chi connectivity index (χ1) is 43.5. The second kappa shape index (κ2) is 36.1. The Morgan fingerprint density at radius 1 is 0.589 bits per heavy atom. The van der Waals surface area contributed by atoms with E-state index in [1.165, 1.54) is 12.4 Å². The van der Waals surface area contributed by atoms with Gasteiger partial charge in [0.2, 0.25) is 11.8 Å². The predicted molar refractivity (Wildman–Crippen MR) is 351 cm³/mol. The molecule has 2 unspecified atom stereocenters. The van der Waals surface area contributed by atoms with Crippen LogP contribution in [0.1, 0.15) is 153 Å². The summed E-state index contributed by atoms with van der Waals surface area (Å²) in [5, 5.41) is 15.3. The number of nitrogens with zero attached hydrogens (tertiary/aromatic N) is 4. The maximum Gasteiger partial charge on any atom is 1.00 e. The molecule has 2 saturated heterocycles. The number of carbonyl (C=O) groups excluding carboxylic acids is 3. The number of benzene rings is 4. The van der Waals surface area contributed by atoms with Crippen molar-refractivity contribution in [1.82, 2.24) is 29.6 Å². The number of carbonyl (C=O) groups is 4. The number of alkyl halides is 2. The third-order valence-corrected chi connectivity index (χ3v) is 17.2. The van der Waals surface area contributed by atoms with Crippen LogP contribution < -0.4 is 40.6 Å². The molecule has 6 N–H and O–H groups in total. The summed E-state index contributed by atoms with van der Waals surface area (Å²) in [7, 11) is 0. The van der Waals surface area contributed by atoms with E-state index in [0.29, 0.717) is 87.2 Å². The van der Waals surface area contributed by atoms with Crippen LogP contribution in [-0.4, -0.2) is 117 Å². The first-order valence-corrected chi connectivity index (χ1v) is 31.8. The molecule has 0 aliphatic carbocycles. The molecular formula is C72H91F6LiN6O10. The molecule has 6 aromatic rings. The van der Waals surface area contributed by atoms with E-state index in [1.807, 2.05) is 102 Å². The van der Waals surface area contributed by atoms with Crippen molar-refractivity contribution in [2.24, 2.45) is 11.8 Å². The second-order valence-electron chi connectivity index (χ2n) is 25.6. The topological polar surface area (TPSA) is 234 Å². The normalized spacial score (nSPS) is 15.9. The number of aliphatic carboxylic acids is 1. The van der Waals surface area contributed by atoms with Gasteiger partial charge in [-0.3, -0.25) is 28.8 Å². The average molecular weight is 1320 g/mol. The van der Waals surface area contributed by atoms with Gasteiger partial charge in [0.05, 0.1) is 31.5 Å². The van der Waals surface area contributed by atoms with E-state index >= 15 is 13.2 Å². The van der Waals surface area contributed by atoms with Crippen molar-refractivity contribution in [2.45, 2.75) is 164 Å². The van der Waals surface area contributed by atoms with Gasteiger partial charge in [0.15, 0.2) is 11.6 Å². The molecule has 2 aromatic heterocycles. The van der Waals surface area contributed by atoms with Crippen molar-refractivity contribution in [3.8, 4) is 22.3 Å². The third-order valence-electron chi connectivity index (χ3n) is 17.2. The Morgan fingerprint density at radius 2 is 0.958 bits per heavy atom. The number of ether oxygens (including phenoxy) is 1. The minimum atomic E-state index is -1.26. The number of rotatable bonds is 25. The largest absolute Gasteiger partial charge is 1.00 e. The molecule has 2 aliphatic heterocycles. The maximum atomic E-state index is 15.9. The number of carboxylic acids is 1. The van der Waals surface area contributed by atoms with E-state index in [4.69, 9.17) is 4.74 Å². The second-order valence-corrected chi connectivity index (χ2v) is 25.6. The molecule has 16 nitrogen and oxygen atoms in total.